The predicted octanol–water partition coefficient (Wildman–Crippen LogP) is 4.68. The molecule has 2 heteroatoms. The second kappa shape index (κ2) is 6.42. The molecule has 0 spiro atoms. The van der Waals surface area contributed by atoms with Crippen molar-refractivity contribution in [2.24, 2.45) is 11.3 Å². The highest BCUT2D eigenvalue weighted by molar-refractivity contribution is 5.41. The summed E-state index contributed by atoms with van der Waals surface area (Å²) < 4.78 is 6.11. The normalized spacial score (nSPS) is 24.2. The van der Waals surface area contributed by atoms with Crippen molar-refractivity contribution in [3.8, 4) is 0 Å². The maximum Gasteiger partial charge on any atom is 0.116 e. The Morgan fingerprint density at radius 2 is 1.79 bits per heavy atom. The molecule has 0 aromatic heterocycles. The first-order valence-corrected chi connectivity index (χ1v) is 7.48. The SMILES string of the molecule is CC(C)(C)C1CCCCC1OCNc1ccccc1. The Kier molecular flexibility index (Phi) is 4.87. The summed E-state index contributed by atoms with van der Waals surface area (Å²) >= 11 is 0. The minimum atomic E-state index is 0.345. The maximum atomic E-state index is 6.11. The Morgan fingerprint density at radius 1 is 1.11 bits per heavy atom. The average molecular weight is 261 g/mol. The number of benzene rings is 1. The Labute approximate surface area is 117 Å². The molecular weight excluding hydrogens is 234 g/mol. The van der Waals surface area contributed by atoms with Crippen LogP contribution in [0.3, 0.4) is 0 Å². The van der Waals surface area contributed by atoms with E-state index in [2.05, 4.69) is 38.2 Å². The van der Waals surface area contributed by atoms with E-state index in [1.807, 2.05) is 18.2 Å². The molecule has 2 atom stereocenters. The van der Waals surface area contributed by atoms with Crippen LogP contribution in [0.15, 0.2) is 30.3 Å². The van der Waals surface area contributed by atoms with Crippen molar-refractivity contribution in [2.45, 2.75) is 52.6 Å². The van der Waals surface area contributed by atoms with E-state index in [0.717, 1.165) is 5.69 Å². The summed E-state index contributed by atoms with van der Waals surface area (Å²) in [5.41, 5.74) is 1.48. The van der Waals surface area contributed by atoms with Crippen molar-refractivity contribution in [1.82, 2.24) is 0 Å². The highest BCUT2D eigenvalue weighted by atomic mass is 16.5. The van der Waals surface area contributed by atoms with Crippen LogP contribution in [0.5, 0.6) is 0 Å². The van der Waals surface area contributed by atoms with E-state index in [1.165, 1.54) is 25.7 Å². The Bertz CT molecular complexity index is 369. The summed E-state index contributed by atoms with van der Waals surface area (Å²) in [6.45, 7) is 7.62. The number of ether oxygens (including phenoxy) is 1. The molecule has 0 saturated heterocycles. The first-order valence-electron chi connectivity index (χ1n) is 7.48. The molecule has 0 radical (unpaired) electrons. The minimum absolute atomic E-state index is 0.345. The Hall–Kier alpha value is -1.02. The van der Waals surface area contributed by atoms with Gasteiger partial charge in [-0.15, -0.1) is 0 Å². The summed E-state index contributed by atoms with van der Waals surface area (Å²) in [6, 6.07) is 10.3. The molecule has 1 aromatic rings. The van der Waals surface area contributed by atoms with Crippen LogP contribution in [0.25, 0.3) is 0 Å². The lowest BCUT2D eigenvalue weighted by Crippen LogP contribution is -2.37. The van der Waals surface area contributed by atoms with Crippen LogP contribution in [0.1, 0.15) is 46.5 Å². The molecule has 0 amide bonds. The number of rotatable bonds is 4. The molecule has 0 bridgehead atoms. The molecule has 2 rings (SSSR count). The molecule has 0 aliphatic heterocycles. The number of anilines is 1. The van der Waals surface area contributed by atoms with Crippen LogP contribution in [0.4, 0.5) is 5.69 Å². The fourth-order valence-corrected chi connectivity index (χ4v) is 3.08. The van der Waals surface area contributed by atoms with Gasteiger partial charge in [0.1, 0.15) is 6.73 Å². The lowest BCUT2D eigenvalue weighted by molar-refractivity contribution is -0.0406. The molecule has 19 heavy (non-hydrogen) atoms. The highest BCUT2D eigenvalue weighted by Crippen LogP contribution is 2.39. The monoisotopic (exact) mass is 261 g/mol. The molecule has 1 N–H and O–H groups in total. The van der Waals surface area contributed by atoms with Gasteiger partial charge in [-0.3, -0.25) is 0 Å². The summed E-state index contributed by atoms with van der Waals surface area (Å²) in [4.78, 5) is 0. The summed E-state index contributed by atoms with van der Waals surface area (Å²) in [7, 11) is 0. The highest BCUT2D eigenvalue weighted by Gasteiger charge is 2.34. The Balaban J connectivity index is 1.83. The van der Waals surface area contributed by atoms with Gasteiger partial charge in [-0.25, -0.2) is 0 Å². The molecule has 1 aromatic carbocycles. The summed E-state index contributed by atoms with van der Waals surface area (Å²) in [5, 5.41) is 3.34. The van der Waals surface area contributed by atoms with E-state index in [0.29, 0.717) is 24.2 Å². The lowest BCUT2D eigenvalue weighted by Gasteiger charge is -2.40. The topological polar surface area (TPSA) is 21.3 Å². The molecule has 0 heterocycles. The van der Waals surface area contributed by atoms with Gasteiger partial charge in [-0.2, -0.15) is 0 Å². The molecule has 106 valence electrons. The third kappa shape index (κ3) is 4.24. The fraction of sp³-hybridized carbons (Fsp3) is 0.647. The molecule has 2 unspecified atom stereocenters. The van der Waals surface area contributed by atoms with Gasteiger partial charge in [-0.05, 0) is 36.3 Å². The molecule has 1 aliphatic carbocycles. The van der Waals surface area contributed by atoms with Crippen LogP contribution in [-0.2, 0) is 4.74 Å². The maximum absolute atomic E-state index is 6.11. The third-order valence-electron chi connectivity index (χ3n) is 4.16. The van der Waals surface area contributed by atoms with Crippen molar-refractivity contribution in [1.29, 1.82) is 0 Å². The molecular formula is C17H27NO. The number of hydrogen-bond acceptors (Lipinski definition) is 2. The van der Waals surface area contributed by atoms with Gasteiger partial charge in [0, 0.05) is 5.69 Å². The summed E-state index contributed by atoms with van der Waals surface area (Å²) in [5.74, 6) is 0.679. The first-order chi connectivity index (χ1) is 9.07. The molecule has 1 fully saturated rings. The number of hydrogen-bond donors (Lipinski definition) is 1. The standard InChI is InChI=1S/C17H27NO/c1-17(2,3)15-11-7-8-12-16(15)19-13-18-14-9-5-4-6-10-14/h4-6,9-10,15-16,18H,7-8,11-13H2,1-3H3. The largest absolute Gasteiger partial charge is 0.363 e. The van der Waals surface area contributed by atoms with Crippen LogP contribution in [0, 0.1) is 11.3 Å². The zero-order chi connectivity index (χ0) is 13.7. The van der Waals surface area contributed by atoms with Crippen LogP contribution < -0.4 is 5.32 Å². The van der Waals surface area contributed by atoms with Crippen molar-refractivity contribution in [3.63, 3.8) is 0 Å². The number of nitrogens with one attached hydrogen (secondary N) is 1. The van der Waals surface area contributed by atoms with Gasteiger partial charge in [0.15, 0.2) is 0 Å². The fourth-order valence-electron chi connectivity index (χ4n) is 3.08. The number of para-hydroxylation sites is 1. The van der Waals surface area contributed by atoms with Crippen molar-refractivity contribution in [3.05, 3.63) is 30.3 Å². The average Bonchev–Trinajstić information content (AvgIpc) is 2.39. The van der Waals surface area contributed by atoms with E-state index >= 15 is 0 Å². The van der Waals surface area contributed by atoms with Crippen molar-refractivity contribution in [2.75, 3.05) is 12.0 Å². The third-order valence-corrected chi connectivity index (χ3v) is 4.16. The van der Waals surface area contributed by atoms with E-state index < -0.39 is 0 Å². The van der Waals surface area contributed by atoms with Crippen LogP contribution in [-0.4, -0.2) is 12.8 Å². The quantitative estimate of drug-likeness (QED) is 0.795. The lowest BCUT2D eigenvalue weighted by atomic mass is 9.71. The second-order valence-corrected chi connectivity index (χ2v) is 6.65. The van der Waals surface area contributed by atoms with Gasteiger partial charge < -0.3 is 10.1 Å². The van der Waals surface area contributed by atoms with Gasteiger partial charge in [0.2, 0.25) is 0 Å². The molecule has 1 aliphatic rings. The first kappa shape index (κ1) is 14.4. The second-order valence-electron chi connectivity index (χ2n) is 6.65. The zero-order valence-electron chi connectivity index (χ0n) is 12.5. The van der Waals surface area contributed by atoms with Gasteiger partial charge in [-0.1, -0.05) is 51.8 Å². The Morgan fingerprint density at radius 3 is 2.47 bits per heavy atom. The van der Waals surface area contributed by atoms with E-state index in [4.69, 9.17) is 4.74 Å². The van der Waals surface area contributed by atoms with Gasteiger partial charge >= 0.3 is 0 Å². The summed E-state index contributed by atoms with van der Waals surface area (Å²) in [6.07, 6.45) is 5.58. The van der Waals surface area contributed by atoms with Crippen LogP contribution in [0.2, 0.25) is 0 Å². The van der Waals surface area contributed by atoms with E-state index in [-0.39, 0.29) is 0 Å². The van der Waals surface area contributed by atoms with E-state index in [1.54, 1.807) is 0 Å². The predicted molar refractivity (Wildman–Crippen MR) is 81.2 cm³/mol. The van der Waals surface area contributed by atoms with Crippen molar-refractivity contribution >= 4 is 5.69 Å². The van der Waals surface area contributed by atoms with E-state index in [9.17, 15) is 0 Å². The smallest absolute Gasteiger partial charge is 0.116 e. The van der Waals surface area contributed by atoms with Crippen LogP contribution >= 0.6 is 0 Å². The molecule has 1 saturated carbocycles. The van der Waals surface area contributed by atoms with Crippen molar-refractivity contribution < 1.29 is 4.74 Å². The van der Waals surface area contributed by atoms with Gasteiger partial charge in [0.05, 0.1) is 6.10 Å². The van der Waals surface area contributed by atoms with Gasteiger partial charge in [0.25, 0.3) is 0 Å². The molecule has 2 nitrogen and oxygen atoms in total. The zero-order valence-corrected chi connectivity index (χ0v) is 12.5. The minimum Gasteiger partial charge on any atom is -0.363 e.